The molecule has 0 aliphatic rings. The van der Waals surface area contributed by atoms with Crippen LogP contribution in [-0.4, -0.2) is 11.0 Å². The van der Waals surface area contributed by atoms with Crippen LogP contribution < -0.4 is 5.73 Å². The van der Waals surface area contributed by atoms with Gasteiger partial charge in [0.15, 0.2) is 5.84 Å². The van der Waals surface area contributed by atoms with Crippen molar-refractivity contribution in [2.24, 2.45) is 10.9 Å². The molecule has 0 aliphatic heterocycles. The molecule has 1 rings (SSSR count). The minimum absolute atomic E-state index is 0.169. The molecule has 0 aliphatic carbocycles. The van der Waals surface area contributed by atoms with Gasteiger partial charge in [-0.3, -0.25) is 0 Å². The van der Waals surface area contributed by atoms with Crippen LogP contribution in [0.15, 0.2) is 23.4 Å². The lowest BCUT2D eigenvalue weighted by atomic mass is 10.00. The molecular formula is C11H16N2O. The van der Waals surface area contributed by atoms with E-state index in [0.717, 1.165) is 18.4 Å². The molecule has 1 aromatic rings. The Morgan fingerprint density at radius 2 is 1.93 bits per heavy atom. The molecule has 0 fully saturated rings. The van der Waals surface area contributed by atoms with E-state index in [9.17, 15) is 0 Å². The molecule has 3 nitrogen and oxygen atoms in total. The van der Waals surface area contributed by atoms with Crippen LogP contribution in [0.25, 0.3) is 0 Å². The van der Waals surface area contributed by atoms with Crippen LogP contribution in [0.5, 0.6) is 0 Å². The van der Waals surface area contributed by atoms with Crippen LogP contribution in [0.4, 0.5) is 0 Å². The summed E-state index contributed by atoms with van der Waals surface area (Å²) in [5.74, 6) is 0.169. The van der Waals surface area contributed by atoms with Gasteiger partial charge in [0.1, 0.15) is 0 Å². The first-order valence-electron chi connectivity index (χ1n) is 4.82. The van der Waals surface area contributed by atoms with Gasteiger partial charge in [-0.1, -0.05) is 31.1 Å². The lowest BCUT2D eigenvalue weighted by Gasteiger charge is -2.07. The van der Waals surface area contributed by atoms with E-state index in [2.05, 4.69) is 19.0 Å². The molecule has 3 N–H and O–H groups in total. The number of rotatable bonds is 3. The van der Waals surface area contributed by atoms with Crippen molar-refractivity contribution in [3.63, 3.8) is 0 Å². The topological polar surface area (TPSA) is 58.6 Å². The summed E-state index contributed by atoms with van der Waals surface area (Å²) in [6.45, 7) is 4.22. The summed E-state index contributed by atoms with van der Waals surface area (Å²) in [4.78, 5) is 0. The quantitative estimate of drug-likeness (QED) is 0.332. The monoisotopic (exact) mass is 192 g/mol. The second-order valence-electron chi connectivity index (χ2n) is 3.18. The number of benzene rings is 1. The van der Waals surface area contributed by atoms with Crippen molar-refractivity contribution < 1.29 is 5.21 Å². The number of amidine groups is 1. The molecule has 1 aromatic carbocycles. The summed E-state index contributed by atoms with van der Waals surface area (Å²) in [5, 5.41) is 11.5. The van der Waals surface area contributed by atoms with Crippen molar-refractivity contribution in [2.45, 2.75) is 26.7 Å². The third kappa shape index (κ3) is 2.05. The van der Waals surface area contributed by atoms with E-state index in [1.807, 2.05) is 18.2 Å². The van der Waals surface area contributed by atoms with E-state index in [0.29, 0.717) is 0 Å². The molecule has 0 bridgehead atoms. The van der Waals surface area contributed by atoms with E-state index < -0.39 is 0 Å². The van der Waals surface area contributed by atoms with Crippen molar-refractivity contribution in [1.82, 2.24) is 0 Å². The zero-order chi connectivity index (χ0) is 10.6. The highest BCUT2D eigenvalue weighted by atomic mass is 16.4. The third-order valence-corrected chi connectivity index (χ3v) is 2.37. The lowest BCUT2D eigenvalue weighted by molar-refractivity contribution is 0.318. The van der Waals surface area contributed by atoms with E-state index in [4.69, 9.17) is 10.9 Å². The molecule has 0 saturated carbocycles. The molecule has 3 heteroatoms. The summed E-state index contributed by atoms with van der Waals surface area (Å²) in [6, 6.07) is 5.90. The molecule has 0 saturated heterocycles. The number of oxime groups is 1. The van der Waals surface area contributed by atoms with Crippen LogP contribution in [0.1, 0.15) is 30.5 Å². The van der Waals surface area contributed by atoms with Gasteiger partial charge < -0.3 is 10.9 Å². The fourth-order valence-corrected chi connectivity index (χ4v) is 1.52. The Bertz CT molecular complexity index is 345. The summed E-state index contributed by atoms with van der Waals surface area (Å²) in [6.07, 6.45) is 1.98. The maximum absolute atomic E-state index is 8.54. The Hall–Kier alpha value is -1.51. The number of hydrogen-bond donors (Lipinski definition) is 2. The minimum atomic E-state index is 0.169. The fourth-order valence-electron chi connectivity index (χ4n) is 1.52. The van der Waals surface area contributed by atoms with Gasteiger partial charge in [0.2, 0.25) is 0 Å². The molecule has 14 heavy (non-hydrogen) atoms. The van der Waals surface area contributed by atoms with Crippen LogP contribution in [0, 0.1) is 0 Å². The van der Waals surface area contributed by atoms with Gasteiger partial charge in [-0.15, -0.1) is 0 Å². The van der Waals surface area contributed by atoms with Gasteiger partial charge in [-0.2, -0.15) is 0 Å². The molecule has 0 amide bonds. The van der Waals surface area contributed by atoms with Crippen LogP contribution in [0.3, 0.4) is 0 Å². The predicted molar refractivity (Wildman–Crippen MR) is 57.7 cm³/mol. The van der Waals surface area contributed by atoms with Crippen molar-refractivity contribution in [1.29, 1.82) is 0 Å². The predicted octanol–water partition coefficient (Wildman–Crippen LogP) is 1.91. The molecule has 0 heterocycles. The van der Waals surface area contributed by atoms with E-state index in [-0.39, 0.29) is 5.84 Å². The normalized spacial score (nSPS) is 11.7. The number of aryl methyl sites for hydroxylation is 2. The summed E-state index contributed by atoms with van der Waals surface area (Å²) < 4.78 is 0. The van der Waals surface area contributed by atoms with E-state index in [1.165, 1.54) is 11.1 Å². The van der Waals surface area contributed by atoms with Gasteiger partial charge in [0.05, 0.1) is 0 Å². The van der Waals surface area contributed by atoms with Crippen LogP contribution in [0.2, 0.25) is 0 Å². The fraction of sp³-hybridized carbons (Fsp3) is 0.364. The lowest BCUT2D eigenvalue weighted by Crippen LogP contribution is -2.13. The molecule has 0 radical (unpaired) electrons. The highest BCUT2D eigenvalue weighted by Crippen LogP contribution is 2.13. The van der Waals surface area contributed by atoms with Crippen molar-refractivity contribution >= 4 is 5.84 Å². The SMILES string of the molecule is CCc1ccc(/C(N)=N/O)cc1CC. The van der Waals surface area contributed by atoms with Gasteiger partial charge in [-0.25, -0.2) is 0 Å². The standard InChI is InChI=1S/C11H16N2O/c1-3-8-5-6-10(11(12)13-14)7-9(8)4-2/h5-7,14H,3-4H2,1-2H3,(H2,12,13). The summed E-state index contributed by atoms with van der Waals surface area (Å²) in [5.41, 5.74) is 8.87. The highest BCUT2D eigenvalue weighted by Gasteiger charge is 2.03. The first-order valence-corrected chi connectivity index (χ1v) is 4.82. The van der Waals surface area contributed by atoms with Crippen LogP contribution in [-0.2, 0) is 12.8 Å². The van der Waals surface area contributed by atoms with Gasteiger partial charge in [0.25, 0.3) is 0 Å². The first-order chi connectivity index (χ1) is 6.72. The first kappa shape index (κ1) is 10.6. The summed E-state index contributed by atoms with van der Waals surface area (Å²) in [7, 11) is 0. The van der Waals surface area contributed by atoms with Crippen molar-refractivity contribution in [2.75, 3.05) is 0 Å². The molecule has 0 unspecified atom stereocenters. The van der Waals surface area contributed by atoms with Gasteiger partial charge >= 0.3 is 0 Å². The Morgan fingerprint density at radius 3 is 2.43 bits per heavy atom. The second kappa shape index (κ2) is 4.65. The maximum atomic E-state index is 8.54. The average Bonchev–Trinajstić information content (AvgIpc) is 2.26. The van der Waals surface area contributed by atoms with Gasteiger partial charge in [-0.05, 0) is 30.0 Å². The Morgan fingerprint density at radius 1 is 1.29 bits per heavy atom. The second-order valence-corrected chi connectivity index (χ2v) is 3.18. The van der Waals surface area contributed by atoms with Gasteiger partial charge in [0, 0.05) is 5.56 Å². The zero-order valence-electron chi connectivity index (χ0n) is 8.62. The summed E-state index contributed by atoms with van der Waals surface area (Å²) >= 11 is 0. The van der Waals surface area contributed by atoms with Crippen molar-refractivity contribution in [3.8, 4) is 0 Å². The number of hydrogen-bond acceptors (Lipinski definition) is 2. The minimum Gasteiger partial charge on any atom is -0.409 e. The van der Waals surface area contributed by atoms with E-state index >= 15 is 0 Å². The van der Waals surface area contributed by atoms with Crippen molar-refractivity contribution in [3.05, 3.63) is 34.9 Å². The average molecular weight is 192 g/mol. The molecular weight excluding hydrogens is 176 g/mol. The van der Waals surface area contributed by atoms with Crippen LogP contribution >= 0.6 is 0 Å². The molecule has 0 atom stereocenters. The largest absolute Gasteiger partial charge is 0.409 e. The Balaban J connectivity index is 3.14. The molecule has 0 aromatic heterocycles. The third-order valence-electron chi connectivity index (χ3n) is 2.37. The molecule has 76 valence electrons. The maximum Gasteiger partial charge on any atom is 0.170 e. The molecule has 0 spiro atoms. The smallest absolute Gasteiger partial charge is 0.170 e. The zero-order valence-corrected chi connectivity index (χ0v) is 8.62. The number of nitrogens with two attached hydrogens (primary N) is 1. The highest BCUT2D eigenvalue weighted by molar-refractivity contribution is 5.97. The Kier molecular flexibility index (Phi) is 3.51. The number of nitrogens with zero attached hydrogens (tertiary/aromatic N) is 1. The van der Waals surface area contributed by atoms with E-state index in [1.54, 1.807) is 0 Å². The Labute approximate surface area is 84.2 Å².